The van der Waals surface area contributed by atoms with Gasteiger partial charge in [0, 0.05) is 23.9 Å². The minimum Gasteiger partial charge on any atom is -0.491 e. The number of hydrogen-bond donors (Lipinski definition) is 2. The lowest BCUT2D eigenvalue weighted by molar-refractivity contribution is 0.0700. The molecule has 0 amide bonds. The molecule has 0 saturated carbocycles. The average Bonchev–Trinajstić information content (AvgIpc) is 3.30. The Balaban J connectivity index is 1.74. The van der Waals surface area contributed by atoms with E-state index in [-0.39, 0.29) is 27.2 Å². The van der Waals surface area contributed by atoms with Crippen molar-refractivity contribution in [1.82, 2.24) is 9.88 Å². The third kappa shape index (κ3) is 4.98. The molecule has 0 bridgehead atoms. The Morgan fingerprint density at radius 3 is 2.74 bits per heavy atom. The van der Waals surface area contributed by atoms with Crippen LogP contribution < -0.4 is 9.46 Å². The van der Waals surface area contributed by atoms with Crippen LogP contribution in [-0.2, 0) is 16.4 Å². The average molecular weight is 500 g/mol. The highest BCUT2D eigenvalue weighted by atomic mass is 32.2. The molecular formula is C25H26FN3O5S. The van der Waals surface area contributed by atoms with E-state index < -0.39 is 21.8 Å². The van der Waals surface area contributed by atoms with Crippen molar-refractivity contribution in [3.63, 3.8) is 0 Å². The van der Waals surface area contributed by atoms with Gasteiger partial charge in [0.2, 0.25) is 0 Å². The van der Waals surface area contributed by atoms with Crippen LogP contribution in [0.1, 0.15) is 35.3 Å². The number of hydrogen-bond acceptors (Lipinski definition) is 6. The number of nitrogens with one attached hydrogen (secondary N) is 1. The summed E-state index contributed by atoms with van der Waals surface area (Å²) in [5.74, 6) is -1.31. The summed E-state index contributed by atoms with van der Waals surface area (Å²) in [6.45, 7) is 6.71. The van der Waals surface area contributed by atoms with Gasteiger partial charge in [-0.15, -0.1) is 0 Å². The van der Waals surface area contributed by atoms with Crippen LogP contribution in [0.15, 0.2) is 47.5 Å². The van der Waals surface area contributed by atoms with E-state index in [0.29, 0.717) is 30.7 Å². The Labute approximate surface area is 203 Å². The minimum atomic E-state index is -4.26. The van der Waals surface area contributed by atoms with Gasteiger partial charge in [0.15, 0.2) is 0 Å². The van der Waals surface area contributed by atoms with Crippen molar-refractivity contribution in [2.45, 2.75) is 25.2 Å². The molecule has 35 heavy (non-hydrogen) atoms. The van der Waals surface area contributed by atoms with Gasteiger partial charge >= 0.3 is 5.97 Å². The normalized spacial score (nSPS) is 13.4. The smallest absolute Gasteiger partial charge is 0.340 e. The zero-order chi connectivity index (χ0) is 25.2. The van der Waals surface area contributed by atoms with Crippen LogP contribution in [0, 0.1) is 5.82 Å². The summed E-state index contributed by atoms with van der Waals surface area (Å²) in [7, 11) is -4.26. The van der Waals surface area contributed by atoms with Gasteiger partial charge in [0.25, 0.3) is 10.0 Å². The molecule has 4 rings (SSSR count). The number of carbonyl (C=O) groups is 1. The van der Waals surface area contributed by atoms with Gasteiger partial charge < -0.3 is 14.7 Å². The lowest BCUT2D eigenvalue weighted by Crippen LogP contribution is -2.22. The Morgan fingerprint density at radius 2 is 2.03 bits per heavy atom. The van der Waals surface area contributed by atoms with E-state index in [4.69, 9.17) is 4.74 Å². The third-order valence-electron chi connectivity index (χ3n) is 6.00. The van der Waals surface area contributed by atoms with Gasteiger partial charge in [-0.2, -0.15) is 0 Å². The summed E-state index contributed by atoms with van der Waals surface area (Å²) in [5, 5.41) is 10.5. The van der Waals surface area contributed by atoms with Crippen LogP contribution in [0.5, 0.6) is 5.75 Å². The maximum Gasteiger partial charge on any atom is 0.340 e. The van der Waals surface area contributed by atoms with Crippen LogP contribution in [0.3, 0.4) is 0 Å². The number of halogens is 1. The Morgan fingerprint density at radius 1 is 1.26 bits per heavy atom. The predicted molar refractivity (Wildman–Crippen MR) is 132 cm³/mol. The number of benzene rings is 2. The highest BCUT2D eigenvalue weighted by Gasteiger charge is 2.25. The molecule has 1 aliphatic rings. The fourth-order valence-electron chi connectivity index (χ4n) is 4.15. The topological polar surface area (TPSA) is 109 Å². The molecule has 8 nitrogen and oxygen atoms in total. The SMILES string of the molecule is CCN(CC)C/C=C\c1cc(F)ccc1S(=O)(=O)Nc1ccc2c3c(cnc2c1C(=O)O)OCC3. The van der Waals surface area contributed by atoms with Crippen molar-refractivity contribution >= 4 is 38.7 Å². The van der Waals surface area contributed by atoms with E-state index in [1.54, 1.807) is 18.2 Å². The summed E-state index contributed by atoms with van der Waals surface area (Å²) in [4.78, 5) is 18.3. The standard InChI is InChI=1S/C25H26FN3O5S/c1-3-29(4-2)12-5-6-16-14-17(26)7-10-22(16)35(32,33)28-20-9-8-19-18-11-13-34-21(18)15-27-24(19)23(20)25(30)31/h5-10,14-15,28H,3-4,11-13H2,1-2H3,(H,30,31)/b6-5-. The number of likely N-dealkylation sites (N-methyl/N-ethyl adjacent to an activating group) is 1. The number of aromatic carboxylic acids is 1. The van der Waals surface area contributed by atoms with E-state index in [1.165, 1.54) is 18.3 Å². The summed E-state index contributed by atoms with van der Waals surface area (Å²) < 4.78 is 48.5. The second-order valence-corrected chi connectivity index (χ2v) is 9.72. The number of nitrogens with zero attached hydrogens (tertiary/aromatic N) is 2. The first-order chi connectivity index (χ1) is 16.7. The molecule has 184 valence electrons. The summed E-state index contributed by atoms with van der Waals surface area (Å²) in [5.41, 5.74) is 0.780. The molecule has 0 saturated heterocycles. The van der Waals surface area contributed by atoms with Crippen molar-refractivity contribution in [1.29, 1.82) is 0 Å². The second-order valence-electron chi connectivity index (χ2n) is 8.06. The summed E-state index contributed by atoms with van der Waals surface area (Å²) in [6.07, 6.45) is 5.39. The van der Waals surface area contributed by atoms with Gasteiger partial charge in [-0.1, -0.05) is 32.1 Å². The molecule has 2 heterocycles. The first-order valence-corrected chi connectivity index (χ1v) is 12.8. The Hall–Kier alpha value is -3.50. The maximum atomic E-state index is 14.0. The first-order valence-electron chi connectivity index (χ1n) is 11.3. The lowest BCUT2D eigenvalue weighted by Gasteiger charge is -2.16. The summed E-state index contributed by atoms with van der Waals surface area (Å²) >= 11 is 0. The lowest BCUT2D eigenvalue weighted by atomic mass is 10.0. The van der Waals surface area contributed by atoms with Crippen molar-refractivity contribution in [3.8, 4) is 5.75 Å². The van der Waals surface area contributed by atoms with Gasteiger partial charge in [0.1, 0.15) is 17.1 Å². The van der Waals surface area contributed by atoms with E-state index in [1.807, 2.05) is 13.8 Å². The molecule has 0 atom stereocenters. The van der Waals surface area contributed by atoms with Gasteiger partial charge in [-0.25, -0.2) is 17.6 Å². The molecule has 0 radical (unpaired) electrons. The second kappa shape index (κ2) is 10.0. The van der Waals surface area contributed by atoms with Crippen LogP contribution >= 0.6 is 0 Å². The van der Waals surface area contributed by atoms with E-state index in [9.17, 15) is 22.7 Å². The zero-order valence-electron chi connectivity index (χ0n) is 19.4. The van der Waals surface area contributed by atoms with Crippen molar-refractivity contribution < 1.29 is 27.4 Å². The molecule has 2 N–H and O–H groups in total. The molecule has 2 aromatic carbocycles. The molecule has 0 spiro atoms. The number of sulfonamides is 1. The molecule has 3 aromatic rings. The van der Waals surface area contributed by atoms with Crippen LogP contribution in [0.2, 0.25) is 0 Å². The molecule has 0 unspecified atom stereocenters. The monoisotopic (exact) mass is 499 g/mol. The van der Waals surface area contributed by atoms with Crippen LogP contribution in [-0.4, -0.2) is 55.6 Å². The molecular weight excluding hydrogens is 473 g/mol. The fourth-order valence-corrected chi connectivity index (χ4v) is 5.41. The van der Waals surface area contributed by atoms with Gasteiger partial charge in [0.05, 0.1) is 28.9 Å². The van der Waals surface area contributed by atoms with Crippen LogP contribution in [0.4, 0.5) is 10.1 Å². The molecule has 1 aromatic heterocycles. The van der Waals surface area contributed by atoms with Crippen molar-refractivity contribution in [2.75, 3.05) is 31.0 Å². The molecule has 1 aliphatic heterocycles. The maximum absolute atomic E-state index is 14.0. The van der Waals surface area contributed by atoms with Gasteiger partial charge in [-0.3, -0.25) is 9.71 Å². The van der Waals surface area contributed by atoms with Crippen molar-refractivity contribution in [3.05, 3.63) is 65.1 Å². The molecule has 0 fully saturated rings. The van der Waals surface area contributed by atoms with E-state index in [0.717, 1.165) is 30.8 Å². The highest BCUT2D eigenvalue weighted by molar-refractivity contribution is 7.92. The number of carboxylic acids is 1. The number of ether oxygens (including phenoxy) is 1. The first kappa shape index (κ1) is 24.6. The molecule has 0 aliphatic carbocycles. The Bertz CT molecular complexity index is 1420. The quantitative estimate of drug-likeness (QED) is 0.455. The summed E-state index contributed by atoms with van der Waals surface area (Å²) in [6, 6.07) is 6.40. The fraction of sp³-hybridized carbons (Fsp3) is 0.280. The number of anilines is 1. The number of fused-ring (bicyclic) bond motifs is 3. The third-order valence-corrected chi connectivity index (χ3v) is 7.44. The number of pyridine rings is 1. The van der Waals surface area contributed by atoms with Gasteiger partial charge in [-0.05, 0) is 42.9 Å². The molecule has 10 heteroatoms. The number of carboxylic acid groups (broad SMARTS) is 1. The van der Waals surface area contributed by atoms with Crippen molar-refractivity contribution in [2.24, 2.45) is 0 Å². The highest BCUT2D eigenvalue weighted by Crippen LogP contribution is 2.35. The largest absolute Gasteiger partial charge is 0.491 e. The number of aromatic nitrogens is 1. The predicted octanol–water partition coefficient (Wildman–Crippen LogP) is 4.16. The van der Waals surface area contributed by atoms with Crippen LogP contribution in [0.25, 0.3) is 17.0 Å². The van der Waals surface area contributed by atoms with E-state index >= 15 is 0 Å². The number of rotatable bonds is 9. The van der Waals surface area contributed by atoms with E-state index in [2.05, 4.69) is 14.6 Å². The minimum absolute atomic E-state index is 0.126. The Kier molecular flexibility index (Phi) is 7.04. The zero-order valence-corrected chi connectivity index (χ0v) is 20.2.